The number of carbonyl (C=O) groups excluding carboxylic acids is 2. The standard InChI is InChI=1S/C16H16N2O5/c1-22-12-8-5-9-13(23-2)14(12)16(21)18(17)15(20)10-6-3-4-7-11(10)19/h3-9,19H,17H2,1-2H3. The van der Waals surface area contributed by atoms with E-state index in [4.69, 9.17) is 15.3 Å². The number of nitrogens with zero attached hydrogens (tertiary/aromatic N) is 1. The highest BCUT2D eigenvalue weighted by atomic mass is 16.5. The van der Waals surface area contributed by atoms with Gasteiger partial charge in [-0.1, -0.05) is 18.2 Å². The minimum absolute atomic E-state index is 0.0174. The lowest BCUT2D eigenvalue weighted by Crippen LogP contribution is -2.42. The fourth-order valence-corrected chi connectivity index (χ4v) is 2.06. The molecule has 0 bridgehead atoms. The van der Waals surface area contributed by atoms with Gasteiger partial charge in [-0.05, 0) is 24.3 Å². The number of hydrazine groups is 1. The molecular weight excluding hydrogens is 300 g/mol. The van der Waals surface area contributed by atoms with Crippen molar-refractivity contribution in [2.75, 3.05) is 14.2 Å². The normalized spacial score (nSPS) is 10.0. The van der Waals surface area contributed by atoms with Crippen LogP contribution in [0.5, 0.6) is 17.2 Å². The summed E-state index contributed by atoms with van der Waals surface area (Å²) >= 11 is 0. The molecule has 0 saturated carbocycles. The summed E-state index contributed by atoms with van der Waals surface area (Å²) in [5.41, 5.74) is -0.0685. The molecule has 3 N–H and O–H groups in total. The number of ether oxygens (including phenoxy) is 2. The van der Waals surface area contributed by atoms with E-state index >= 15 is 0 Å². The van der Waals surface area contributed by atoms with Crippen LogP contribution in [0, 0.1) is 0 Å². The fraction of sp³-hybridized carbons (Fsp3) is 0.125. The smallest absolute Gasteiger partial charge is 0.282 e. The van der Waals surface area contributed by atoms with E-state index in [1.54, 1.807) is 30.3 Å². The molecule has 0 spiro atoms. The molecule has 0 aliphatic rings. The molecule has 2 aromatic rings. The number of hydrogen-bond donors (Lipinski definition) is 2. The largest absolute Gasteiger partial charge is 0.507 e. The lowest BCUT2D eigenvalue weighted by Gasteiger charge is -2.18. The van der Waals surface area contributed by atoms with Crippen LogP contribution in [0.3, 0.4) is 0 Å². The van der Waals surface area contributed by atoms with Crippen molar-refractivity contribution in [2.45, 2.75) is 0 Å². The molecule has 0 aliphatic carbocycles. The monoisotopic (exact) mass is 316 g/mol. The van der Waals surface area contributed by atoms with Crippen LogP contribution in [-0.2, 0) is 0 Å². The Labute approximate surface area is 132 Å². The van der Waals surface area contributed by atoms with E-state index < -0.39 is 11.8 Å². The lowest BCUT2D eigenvalue weighted by molar-refractivity contribution is 0.0610. The maximum absolute atomic E-state index is 12.6. The fourth-order valence-electron chi connectivity index (χ4n) is 2.06. The first-order chi connectivity index (χ1) is 11.0. The van der Waals surface area contributed by atoms with E-state index in [0.717, 1.165) is 0 Å². The SMILES string of the molecule is COc1cccc(OC)c1C(=O)N(N)C(=O)c1ccccc1O. The van der Waals surface area contributed by atoms with E-state index in [0.29, 0.717) is 5.01 Å². The topological polar surface area (TPSA) is 102 Å². The zero-order valence-electron chi connectivity index (χ0n) is 12.6. The molecule has 0 aromatic heterocycles. The second-order valence-electron chi connectivity index (χ2n) is 4.53. The van der Waals surface area contributed by atoms with Gasteiger partial charge in [0, 0.05) is 0 Å². The summed E-state index contributed by atoms with van der Waals surface area (Å²) < 4.78 is 10.2. The lowest BCUT2D eigenvalue weighted by atomic mass is 10.1. The zero-order chi connectivity index (χ0) is 17.0. The number of rotatable bonds is 4. The van der Waals surface area contributed by atoms with Crippen molar-refractivity contribution in [3.05, 3.63) is 53.6 Å². The van der Waals surface area contributed by atoms with Crippen LogP contribution in [0.15, 0.2) is 42.5 Å². The van der Waals surface area contributed by atoms with Crippen molar-refractivity contribution in [2.24, 2.45) is 5.84 Å². The molecule has 0 aliphatic heterocycles. The minimum Gasteiger partial charge on any atom is -0.507 e. The number of carbonyl (C=O) groups is 2. The second kappa shape index (κ2) is 6.80. The molecule has 0 saturated heterocycles. The van der Waals surface area contributed by atoms with E-state index in [9.17, 15) is 14.7 Å². The summed E-state index contributed by atoms with van der Waals surface area (Å²) in [6.45, 7) is 0. The highest BCUT2D eigenvalue weighted by Gasteiger charge is 2.28. The quantitative estimate of drug-likeness (QED) is 0.384. The molecule has 0 radical (unpaired) electrons. The molecule has 23 heavy (non-hydrogen) atoms. The summed E-state index contributed by atoms with van der Waals surface area (Å²) in [5, 5.41) is 10.1. The Morgan fingerprint density at radius 3 is 2.04 bits per heavy atom. The third kappa shape index (κ3) is 3.09. The number of aromatic hydroxyl groups is 1. The number of para-hydroxylation sites is 1. The molecule has 0 heterocycles. The van der Waals surface area contributed by atoms with Gasteiger partial charge in [-0.2, -0.15) is 0 Å². The van der Waals surface area contributed by atoms with E-state index in [-0.39, 0.29) is 28.4 Å². The Morgan fingerprint density at radius 2 is 1.52 bits per heavy atom. The molecule has 0 unspecified atom stereocenters. The van der Waals surface area contributed by atoms with Gasteiger partial charge >= 0.3 is 0 Å². The van der Waals surface area contributed by atoms with Gasteiger partial charge in [-0.15, -0.1) is 0 Å². The number of hydrogen-bond acceptors (Lipinski definition) is 6. The van der Waals surface area contributed by atoms with Crippen molar-refractivity contribution in [3.63, 3.8) is 0 Å². The Kier molecular flexibility index (Phi) is 4.82. The average Bonchev–Trinajstić information content (AvgIpc) is 2.59. The van der Waals surface area contributed by atoms with Crippen LogP contribution in [0.2, 0.25) is 0 Å². The second-order valence-corrected chi connectivity index (χ2v) is 4.53. The Hall–Kier alpha value is -3.06. The number of phenols is 1. The predicted molar refractivity (Wildman–Crippen MR) is 82.3 cm³/mol. The molecule has 2 aromatic carbocycles. The van der Waals surface area contributed by atoms with Crippen LogP contribution in [0.1, 0.15) is 20.7 Å². The third-order valence-electron chi connectivity index (χ3n) is 3.21. The summed E-state index contributed by atoms with van der Waals surface area (Å²) in [4.78, 5) is 24.9. The van der Waals surface area contributed by atoms with Crippen molar-refractivity contribution in [1.29, 1.82) is 0 Å². The Bertz CT molecular complexity index is 723. The van der Waals surface area contributed by atoms with Gasteiger partial charge in [-0.3, -0.25) is 9.59 Å². The van der Waals surface area contributed by atoms with Crippen molar-refractivity contribution in [3.8, 4) is 17.2 Å². The van der Waals surface area contributed by atoms with Gasteiger partial charge < -0.3 is 14.6 Å². The van der Waals surface area contributed by atoms with Crippen LogP contribution in [0.4, 0.5) is 0 Å². The molecule has 0 fully saturated rings. The van der Waals surface area contributed by atoms with Gasteiger partial charge in [0.15, 0.2) is 0 Å². The first-order valence-corrected chi connectivity index (χ1v) is 6.63. The molecule has 2 amide bonds. The number of nitrogens with two attached hydrogens (primary N) is 1. The molecular formula is C16H16N2O5. The number of imide groups is 1. The molecule has 0 atom stereocenters. The van der Waals surface area contributed by atoms with Crippen LogP contribution in [-0.4, -0.2) is 36.1 Å². The first kappa shape index (κ1) is 16.3. The van der Waals surface area contributed by atoms with Crippen LogP contribution >= 0.6 is 0 Å². The molecule has 7 nitrogen and oxygen atoms in total. The maximum Gasteiger partial charge on any atom is 0.282 e. The third-order valence-corrected chi connectivity index (χ3v) is 3.21. The molecule has 120 valence electrons. The highest BCUT2D eigenvalue weighted by Crippen LogP contribution is 2.29. The predicted octanol–water partition coefficient (Wildman–Crippen LogP) is 1.57. The average molecular weight is 316 g/mol. The Balaban J connectivity index is 2.41. The molecule has 2 rings (SSSR count). The van der Waals surface area contributed by atoms with Gasteiger partial charge in [0.2, 0.25) is 0 Å². The van der Waals surface area contributed by atoms with E-state index in [1.807, 2.05) is 0 Å². The summed E-state index contributed by atoms with van der Waals surface area (Å²) in [6.07, 6.45) is 0. The van der Waals surface area contributed by atoms with Crippen molar-refractivity contribution < 1.29 is 24.2 Å². The van der Waals surface area contributed by atoms with Crippen molar-refractivity contribution >= 4 is 11.8 Å². The van der Waals surface area contributed by atoms with Crippen molar-refractivity contribution in [1.82, 2.24) is 5.01 Å². The van der Waals surface area contributed by atoms with Gasteiger partial charge in [-0.25, -0.2) is 10.9 Å². The number of amides is 2. The van der Waals surface area contributed by atoms with Crippen LogP contribution in [0.25, 0.3) is 0 Å². The van der Waals surface area contributed by atoms with E-state index in [1.165, 1.54) is 26.4 Å². The number of phenolic OH excluding ortho intramolecular Hbond substituents is 1. The highest BCUT2D eigenvalue weighted by molar-refractivity contribution is 6.12. The Morgan fingerprint density at radius 1 is 0.957 bits per heavy atom. The van der Waals surface area contributed by atoms with Gasteiger partial charge in [0.25, 0.3) is 11.8 Å². The summed E-state index contributed by atoms with van der Waals surface area (Å²) in [5.74, 6) is 4.16. The zero-order valence-corrected chi connectivity index (χ0v) is 12.6. The number of benzene rings is 2. The minimum atomic E-state index is -0.846. The number of methoxy groups -OCH3 is 2. The van der Waals surface area contributed by atoms with Gasteiger partial charge in [0.05, 0.1) is 19.8 Å². The first-order valence-electron chi connectivity index (χ1n) is 6.63. The van der Waals surface area contributed by atoms with Crippen LogP contribution < -0.4 is 15.3 Å². The summed E-state index contributed by atoms with van der Waals surface area (Å²) in [7, 11) is 2.77. The maximum atomic E-state index is 12.6. The van der Waals surface area contributed by atoms with E-state index in [2.05, 4.69) is 0 Å². The summed E-state index contributed by atoms with van der Waals surface area (Å²) in [6, 6.07) is 10.5. The molecule has 7 heteroatoms. The van der Waals surface area contributed by atoms with Gasteiger partial charge in [0.1, 0.15) is 22.8 Å².